The van der Waals surface area contributed by atoms with Crippen LogP contribution in [0.1, 0.15) is 56.3 Å². The van der Waals surface area contributed by atoms with Crippen LogP contribution in [0.5, 0.6) is 0 Å². The predicted molar refractivity (Wildman–Crippen MR) is 78.3 cm³/mol. The Kier molecular flexibility index (Phi) is 3.90. The van der Waals surface area contributed by atoms with Crippen LogP contribution in [-0.2, 0) is 11.2 Å². The second-order valence-electron chi connectivity index (χ2n) is 6.16. The van der Waals surface area contributed by atoms with Crippen molar-refractivity contribution in [3.05, 3.63) is 35.4 Å². The molecule has 19 heavy (non-hydrogen) atoms. The minimum absolute atomic E-state index is 0.238. The number of hydrogen-bond acceptors (Lipinski definition) is 2. The second-order valence-corrected chi connectivity index (χ2v) is 6.16. The van der Waals surface area contributed by atoms with Crippen LogP contribution in [0.3, 0.4) is 0 Å². The van der Waals surface area contributed by atoms with Crippen molar-refractivity contribution >= 4 is 0 Å². The summed E-state index contributed by atoms with van der Waals surface area (Å²) in [7, 11) is 0. The van der Waals surface area contributed by atoms with Crippen molar-refractivity contribution in [2.75, 3.05) is 13.2 Å². The van der Waals surface area contributed by atoms with Gasteiger partial charge in [-0.3, -0.25) is 0 Å². The molecule has 1 N–H and O–H groups in total. The fourth-order valence-corrected chi connectivity index (χ4v) is 3.45. The van der Waals surface area contributed by atoms with Gasteiger partial charge in [-0.1, -0.05) is 50.5 Å². The van der Waals surface area contributed by atoms with E-state index in [0.29, 0.717) is 5.54 Å². The van der Waals surface area contributed by atoms with E-state index >= 15 is 0 Å². The van der Waals surface area contributed by atoms with E-state index in [-0.39, 0.29) is 6.10 Å². The Morgan fingerprint density at radius 3 is 2.53 bits per heavy atom. The van der Waals surface area contributed by atoms with Gasteiger partial charge in [-0.25, -0.2) is 0 Å². The van der Waals surface area contributed by atoms with Gasteiger partial charge in [0.25, 0.3) is 0 Å². The molecule has 0 aromatic heterocycles. The molecule has 104 valence electrons. The number of hydrogen-bond donors (Lipinski definition) is 1. The van der Waals surface area contributed by atoms with E-state index in [0.717, 1.165) is 13.2 Å². The maximum atomic E-state index is 6.14. The molecule has 0 radical (unpaired) electrons. The van der Waals surface area contributed by atoms with Crippen LogP contribution in [-0.4, -0.2) is 18.7 Å². The Hall–Kier alpha value is -0.860. The summed E-state index contributed by atoms with van der Waals surface area (Å²) >= 11 is 0. The molecular formula is C17H25NO. The fraction of sp³-hybridized carbons (Fsp3) is 0.647. The van der Waals surface area contributed by atoms with Crippen molar-refractivity contribution in [2.45, 2.75) is 57.1 Å². The van der Waals surface area contributed by atoms with Gasteiger partial charge in [0.2, 0.25) is 0 Å². The molecule has 0 amide bonds. The highest BCUT2D eigenvalue weighted by Gasteiger charge is 2.38. The quantitative estimate of drug-likeness (QED) is 0.895. The first-order valence-electron chi connectivity index (χ1n) is 7.77. The minimum atomic E-state index is 0.238. The Bertz CT molecular complexity index is 396. The number of morpholine rings is 1. The molecule has 1 aliphatic heterocycles. The second kappa shape index (κ2) is 5.64. The first-order chi connectivity index (χ1) is 9.31. The highest BCUT2D eigenvalue weighted by Crippen LogP contribution is 2.35. The maximum absolute atomic E-state index is 6.14. The van der Waals surface area contributed by atoms with Gasteiger partial charge in [0.15, 0.2) is 0 Å². The molecule has 1 saturated carbocycles. The minimum Gasteiger partial charge on any atom is -0.370 e. The average molecular weight is 259 g/mol. The smallest absolute Gasteiger partial charge is 0.0950 e. The standard InChI is InChI=1S/C17H25NO/c1-2-5-14-6-8-15(9-7-14)16-12-18-17(13-19-16)10-3-4-11-17/h6-9,16,18H,2-5,10-13H2,1H3. The molecule has 2 fully saturated rings. The van der Waals surface area contributed by atoms with Gasteiger partial charge in [0.1, 0.15) is 0 Å². The number of ether oxygens (including phenoxy) is 1. The summed E-state index contributed by atoms with van der Waals surface area (Å²) in [6.45, 7) is 4.07. The summed E-state index contributed by atoms with van der Waals surface area (Å²) in [6.07, 6.45) is 7.90. The third-order valence-corrected chi connectivity index (χ3v) is 4.67. The topological polar surface area (TPSA) is 21.3 Å². The SMILES string of the molecule is CCCc1ccc(C2CNC3(CCCC3)CO2)cc1. The van der Waals surface area contributed by atoms with Crippen LogP contribution in [0.15, 0.2) is 24.3 Å². The first-order valence-corrected chi connectivity index (χ1v) is 7.77. The van der Waals surface area contributed by atoms with Crippen molar-refractivity contribution in [1.29, 1.82) is 0 Å². The molecule has 0 bridgehead atoms. The van der Waals surface area contributed by atoms with E-state index < -0.39 is 0 Å². The van der Waals surface area contributed by atoms with E-state index in [4.69, 9.17) is 4.74 Å². The average Bonchev–Trinajstić information content (AvgIpc) is 2.90. The molecule has 3 rings (SSSR count). The van der Waals surface area contributed by atoms with Crippen molar-refractivity contribution in [3.8, 4) is 0 Å². The third kappa shape index (κ3) is 2.85. The summed E-state index contributed by atoms with van der Waals surface area (Å²) in [6, 6.07) is 8.98. The first kappa shape index (κ1) is 13.1. The van der Waals surface area contributed by atoms with Crippen LogP contribution in [0.25, 0.3) is 0 Å². The molecule has 1 heterocycles. The lowest BCUT2D eigenvalue weighted by Gasteiger charge is -2.38. The highest BCUT2D eigenvalue weighted by atomic mass is 16.5. The summed E-state index contributed by atoms with van der Waals surface area (Å²) < 4.78 is 6.14. The van der Waals surface area contributed by atoms with Crippen LogP contribution in [0, 0.1) is 0 Å². The molecule has 2 nitrogen and oxygen atoms in total. The van der Waals surface area contributed by atoms with Crippen LogP contribution in [0.4, 0.5) is 0 Å². The van der Waals surface area contributed by atoms with E-state index in [2.05, 4.69) is 36.5 Å². The zero-order chi connectivity index (χ0) is 13.1. The lowest BCUT2D eigenvalue weighted by molar-refractivity contribution is -0.0326. The summed E-state index contributed by atoms with van der Waals surface area (Å²) in [5.41, 5.74) is 3.06. The largest absolute Gasteiger partial charge is 0.370 e. The van der Waals surface area contributed by atoms with Gasteiger partial charge in [-0.15, -0.1) is 0 Å². The predicted octanol–water partition coefficient (Wildman–Crippen LogP) is 3.61. The molecule has 1 atom stereocenters. The van der Waals surface area contributed by atoms with Crippen molar-refractivity contribution in [3.63, 3.8) is 0 Å². The number of rotatable bonds is 3. The molecule has 1 unspecified atom stereocenters. The lowest BCUT2D eigenvalue weighted by atomic mass is 9.95. The van der Waals surface area contributed by atoms with Gasteiger partial charge in [-0.05, 0) is 30.4 Å². The van der Waals surface area contributed by atoms with Gasteiger partial charge in [0, 0.05) is 12.1 Å². The monoisotopic (exact) mass is 259 g/mol. The Balaban J connectivity index is 1.61. The van der Waals surface area contributed by atoms with Gasteiger partial charge >= 0.3 is 0 Å². The zero-order valence-corrected chi connectivity index (χ0v) is 12.0. The maximum Gasteiger partial charge on any atom is 0.0950 e. The summed E-state index contributed by atoms with van der Waals surface area (Å²) in [5.74, 6) is 0. The molecule has 1 aromatic rings. The van der Waals surface area contributed by atoms with E-state index in [1.807, 2.05) is 0 Å². The van der Waals surface area contributed by atoms with Crippen molar-refractivity contribution in [2.24, 2.45) is 0 Å². The van der Waals surface area contributed by atoms with Crippen molar-refractivity contribution < 1.29 is 4.74 Å². The summed E-state index contributed by atoms with van der Waals surface area (Å²) in [4.78, 5) is 0. The van der Waals surface area contributed by atoms with Gasteiger partial charge < -0.3 is 10.1 Å². The third-order valence-electron chi connectivity index (χ3n) is 4.67. The normalized spacial score (nSPS) is 25.8. The lowest BCUT2D eigenvalue weighted by Crippen LogP contribution is -2.53. The van der Waals surface area contributed by atoms with E-state index in [1.165, 1.54) is 49.7 Å². The molecule has 2 aliphatic rings. The van der Waals surface area contributed by atoms with Crippen LogP contribution in [0.2, 0.25) is 0 Å². The Labute approximate surface area is 116 Å². The number of aryl methyl sites for hydroxylation is 1. The van der Waals surface area contributed by atoms with Crippen molar-refractivity contribution in [1.82, 2.24) is 5.32 Å². The molecule has 1 aliphatic carbocycles. The number of benzene rings is 1. The Morgan fingerprint density at radius 2 is 1.95 bits per heavy atom. The zero-order valence-electron chi connectivity index (χ0n) is 12.0. The molecule has 1 spiro atoms. The van der Waals surface area contributed by atoms with Gasteiger partial charge in [0.05, 0.1) is 12.7 Å². The van der Waals surface area contributed by atoms with Crippen LogP contribution < -0.4 is 5.32 Å². The van der Waals surface area contributed by atoms with E-state index in [1.54, 1.807) is 0 Å². The number of nitrogens with one attached hydrogen (secondary N) is 1. The highest BCUT2D eigenvalue weighted by molar-refractivity contribution is 5.25. The molecule has 1 aromatic carbocycles. The van der Waals surface area contributed by atoms with Gasteiger partial charge in [-0.2, -0.15) is 0 Å². The molecule has 1 saturated heterocycles. The molecular weight excluding hydrogens is 234 g/mol. The fourth-order valence-electron chi connectivity index (χ4n) is 3.45. The van der Waals surface area contributed by atoms with Crippen LogP contribution >= 0.6 is 0 Å². The Morgan fingerprint density at radius 1 is 1.21 bits per heavy atom. The van der Waals surface area contributed by atoms with E-state index in [9.17, 15) is 0 Å². The molecule has 2 heteroatoms. The summed E-state index contributed by atoms with van der Waals surface area (Å²) in [5, 5.41) is 3.76.